The molecule has 0 aliphatic rings. The second kappa shape index (κ2) is 10.4. The van der Waals surface area contributed by atoms with Gasteiger partial charge in [0.2, 0.25) is 0 Å². The van der Waals surface area contributed by atoms with Gasteiger partial charge in [-0.05, 0) is 60.0 Å². The number of carbonyl (C=O) groups is 1. The van der Waals surface area contributed by atoms with E-state index in [4.69, 9.17) is 13.8 Å². The molecule has 5 rings (SSSR count). The lowest BCUT2D eigenvalue weighted by Crippen LogP contribution is -2.17. The van der Waals surface area contributed by atoms with Crippen molar-refractivity contribution in [2.24, 2.45) is 0 Å². The Hall–Kier alpha value is -4.80. The van der Waals surface area contributed by atoms with Crippen LogP contribution < -0.4 is 9.47 Å². The van der Waals surface area contributed by atoms with Gasteiger partial charge in [-0.15, -0.1) is 13.2 Å². The molecule has 2 heterocycles. The predicted octanol–water partition coefficient (Wildman–Crippen LogP) is 7.76. The first kappa shape index (κ1) is 26.8. The van der Waals surface area contributed by atoms with E-state index in [1.165, 1.54) is 18.2 Å². The van der Waals surface area contributed by atoms with E-state index in [9.17, 15) is 23.1 Å². The fraction of sp³-hybridized carbons (Fsp3) is 0.207. The number of aryl methyl sites for hydroxylation is 1. The lowest BCUT2D eigenvalue weighted by molar-refractivity contribution is -0.274. The van der Waals surface area contributed by atoms with E-state index in [0.29, 0.717) is 28.0 Å². The van der Waals surface area contributed by atoms with Gasteiger partial charge in [-0.1, -0.05) is 48.4 Å². The highest BCUT2D eigenvalue weighted by atomic mass is 19.4. The molecule has 0 spiro atoms. The molecule has 11 heteroatoms. The van der Waals surface area contributed by atoms with Gasteiger partial charge < -0.3 is 23.6 Å². The predicted molar refractivity (Wildman–Crippen MR) is 138 cm³/mol. The van der Waals surface area contributed by atoms with E-state index in [0.717, 1.165) is 16.7 Å². The number of nitrogens with zero attached hydrogens (tertiary/aromatic N) is 2. The van der Waals surface area contributed by atoms with Crippen LogP contribution in [0.5, 0.6) is 11.5 Å². The number of carboxylic acids is 1. The highest BCUT2D eigenvalue weighted by molar-refractivity contribution is 6.01. The Kier molecular flexibility index (Phi) is 6.97. The lowest BCUT2D eigenvalue weighted by Gasteiger charge is -2.14. The first-order chi connectivity index (χ1) is 19.0. The van der Waals surface area contributed by atoms with Crippen LogP contribution in [0.25, 0.3) is 33.4 Å². The molecule has 3 aromatic carbocycles. The number of ether oxygens (including phenoxy) is 2. The summed E-state index contributed by atoms with van der Waals surface area (Å²) in [5, 5.41) is 17.3. The third kappa shape index (κ3) is 5.35. The number of aromatic carboxylic acids is 1. The zero-order valence-corrected chi connectivity index (χ0v) is 21.6. The minimum absolute atomic E-state index is 0.00647. The molecular formula is C29H23F3N2O6. The monoisotopic (exact) mass is 552 g/mol. The lowest BCUT2D eigenvalue weighted by atomic mass is 9.99. The van der Waals surface area contributed by atoms with Crippen LogP contribution >= 0.6 is 0 Å². The molecule has 0 radical (unpaired) electrons. The Morgan fingerprint density at radius 3 is 2.48 bits per heavy atom. The molecule has 0 saturated carbocycles. The number of halogens is 3. The van der Waals surface area contributed by atoms with Gasteiger partial charge >= 0.3 is 12.3 Å². The van der Waals surface area contributed by atoms with Gasteiger partial charge in [0.25, 0.3) is 0 Å². The largest absolute Gasteiger partial charge is 0.573 e. The molecule has 0 amide bonds. The summed E-state index contributed by atoms with van der Waals surface area (Å²) < 4.78 is 60.1. The van der Waals surface area contributed by atoms with Crippen LogP contribution in [0.2, 0.25) is 0 Å². The molecule has 1 N–H and O–H groups in total. The zero-order valence-electron chi connectivity index (χ0n) is 21.6. The molecule has 0 saturated heterocycles. The van der Waals surface area contributed by atoms with Crippen LogP contribution in [0.3, 0.4) is 0 Å². The highest BCUT2D eigenvalue weighted by Crippen LogP contribution is 2.38. The summed E-state index contributed by atoms with van der Waals surface area (Å²) in [6.07, 6.45) is -4.87. The Labute approximate surface area is 225 Å². The number of fused-ring (bicyclic) bond motifs is 1. The molecule has 0 unspecified atom stereocenters. The minimum atomic E-state index is -4.87. The maximum Gasteiger partial charge on any atom is 0.573 e. The number of hydrogen-bond donors (Lipinski definition) is 1. The molecule has 2 aromatic heterocycles. The van der Waals surface area contributed by atoms with Gasteiger partial charge in [-0.3, -0.25) is 0 Å². The van der Waals surface area contributed by atoms with Crippen molar-refractivity contribution in [1.82, 2.24) is 10.3 Å². The Bertz CT molecular complexity index is 1700. The third-order valence-electron chi connectivity index (χ3n) is 6.28. The fourth-order valence-corrected chi connectivity index (χ4v) is 4.47. The standard InChI is InChI=1S/C29H23F3N2O6/c1-15(2)27-22(25(33-40-27)20-6-4-5-7-23(20)38-29(30,31)32)14-37-18-9-11-19(16(3)12-18)17-8-10-21-24(13-17)39-34-26(21)28(35)36/h4-13,15H,14H2,1-3H3,(H,35,36). The van der Waals surface area contributed by atoms with Crippen LogP contribution in [0.1, 0.15) is 47.1 Å². The number of alkyl halides is 3. The minimum Gasteiger partial charge on any atom is -0.489 e. The van der Waals surface area contributed by atoms with Gasteiger partial charge in [0.05, 0.1) is 10.9 Å². The smallest absolute Gasteiger partial charge is 0.489 e. The van der Waals surface area contributed by atoms with Crippen LogP contribution in [-0.4, -0.2) is 27.8 Å². The molecule has 5 aromatic rings. The summed E-state index contributed by atoms with van der Waals surface area (Å²) in [5.41, 5.74) is 3.60. The number of hydrogen-bond acceptors (Lipinski definition) is 7. The topological polar surface area (TPSA) is 108 Å². The first-order valence-corrected chi connectivity index (χ1v) is 12.2. The highest BCUT2D eigenvalue weighted by Gasteiger charge is 2.33. The fourth-order valence-electron chi connectivity index (χ4n) is 4.47. The van der Waals surface area contributed by atoms with Crippen molar-refractivity contribution in [1.29, 1.82) is 0 Å². The van der Waals surface area contributed by atoms with Gasteiger partial charge in [-0.2, -0.15) is 0 Å². The van der Waals surface area contributed by atoms with Gasteiger partial charge in [0, 0.05) is 11.5 Å². The van der Waals surface area contributed by atoms with Crippen molar-refractivity contribution in [3.05, 3.63) is 83.2 Å². The third-order valence-corrected chi connectivity index (χ3v) is 6.28. The quantitative estimate of drug-likeness (QED) is 0.208. The second-order valence-corrected chi connectivity index (χ2v) is 9.39. The van der Waals surface area contributed by atoms with E-state index in [-0.39, 0.29) is 35.2 Å². The maximum atomic E-state index is 13.0. The van der Waals surface area contributed by atoms with Gasteiger partial charge in [-0.25, -0.2) is 4.79 Å². The van der Waals surface area contributed by atoms with Crippen molar-refractivity contribution in [3.63, 3.8) is 0 Å². The molecule has 8 nitrogen and oxygen atoms in total. The molecule has 0 atom stereocenters. The van der Waals surface area contributed by atoms with Crippen LogP contribution in [-0.2, 0) is 6.61 Å². The van der Waals surface area contributed by atoms with Crippen molar-refractivity contribution in [2.45, 2.75) is 39.7 Å². The molecule has 0 fully saturated rings. The van der Waals surface area contributed by atoms with Crippen LogP contribution in [0.4, 0.5) is 13.2 Å². The number of para-hydroxylation sites is 1. The number of carboxylic acid groups (broad SMARTS) is 1. The van der Waals surface area contributed by atoms with Crippen LogP contribution in [0, 0.1) is 6.92 Å². The average Bonchev–Trinajstić information content (AvgIpc) is 3.51. The van der Waals surface area contributed by atoms with E-state index >= 15 is 0 Å². The summed E-state index contributed by atoms with van der Waals surface area (Å²) in [6.45, 7) is 5.66. The number of aromatic nitrogens is 2. The molecule has 40 heavy (non-hydrogen) atoms. The molecule has 0 bridgehead atoms. The van der Waals surface area contributed by atoms with Gasteiger partial charge in [0.1, 0.15) is 29.6 Å². The number of rotatable bonds is 8. The summed E-state index contributed by atoms with van der Waals surface area (Å²) in [6, 6.07) is 16.3. The van der Waals surface area contributed by atoms with Crippen molar-refractivity contribution >= 4 is 16.9 Å². The Morgan fingerprint density at radius 2 is 1.77 bits per heavy atom. The van der Waals surface area contributed by atoms with E-state index in [1.54, 1.807) is 30.3 Å². The Balaban J connectivity index is 1.42. The van der Waals surface area contributed by atoms with E-state index in [2.05, 4.69) is 15.1 Å². The Morgan fingerprint density at radius 1 is 1.00 bits per heavy atom. The average molecular weight is 553 g/mol. The van der Waals surface area contributed by atoms with Crippen molar-refractivity contribution in [2.75, 3.05) is 0 Å². The zero-order chi connectivity index (χ0) is 28.6. The maximum absolute atomic E-state index is 13.0. The van der Waals surface area contributed by atoms with Crippen molar-refractivity contribution in [3.8, 4) is 33.9 Å². The van der Waals surface area contributed by atoms with E-state index < -0.39 is 12.3 Å². The second-order valence-electron chi connectivity index (χ2n) is 9.39. The van der Waals surface area contributed by atoms with E-state index in [1.807, 2.05) is 32.9 Å². The summed E-state index contributed by atoms with van der Waals surface area (Å²) in [4.78, 5) is 11.3. The normalized spacial score (nSPS) is 11.8. The summed E-state index contributed by atoms with van der Waals surface area (Å²) in [7, 11) is 0. The SMILES string of the molecule is Cc1cc(OCc2c(-c3ccccc3OC(F)(F)F)noc2C(C)C)ccc1-c1ccc2c(C(=O)O)noc2c1. The van der Waals surface area contributed by atoms with Crippen molar-refractivity contribution < 1.29 is 41.6 Å². The first-order valence-electron chi connectivity index (χ1n) is 12.2. The number of benzene rings is 3. The van der Waals surface area contributed by atoms with Gasteiger partial charge in [0.15, 0.2) is 11.3 Å². The van der Waals surface area contributed by atoms with Crippen LogP contribution in [0.15, 0.2) is 69.7 Å². The summed E-state index contributed by atoms with van der Waals surface area (Å²) >= 11 is 0. The molecule has 0 aliphatic heterocycles. The summed E-state index contributed by atoms with van der Waals surface area (Å²) in [5.74, 6) is -0.646. The molecule has 206 valence electrons. The molecule has 0 aliphatic carbocycles. The molecular weight excluding hydrogens is 529 g/mol.